The summed E-state index contributed by atoms with van der Waals surface area (Å²) >= 11 is 0. The first-order chi connectivity index (χ1) is 9.92. The summed E-state index contributed by atoms with van der Waals surface area (Å²) in [4.78, 5) is 4.65. The van der Waals surface area contributed by atoms with Crippen LogP contribution in [-0.4, -0.2) is 9.55 Å². The molecule has 0 amide bonds. The number of benzene rings is 2. The van der Waals surface area contributed by atoms with Gasteiger partial charge in [0.2, 0.25) is 0 Å². The van der Waals surface area contributed by atoms with E-state index in [1.54, 1.807) is 0 Å². The first-order valence-corrected chi connectivity index (χ1v) is 7.08. The SMILES string of the molecule is c1ccc(Cc2ncn3c2-c2ccccc2CC3)cc1. The maximum Gasteiger partial charge on any atom is 0.0954 e. The van der Waals surface area contributed by atoms with E-state index in [0.717, 1.165) is 19.4 Å². The second-order valence-electron chi connectivity index (χ2n) is 5.30. The zero-order valence-corrected chi connectivity index (χ0v) is 11.3. The number of imidazole rings is 1. The van der Waals surface area contributed by atoms with E-state index in [9.17, 15) is 0 Å². The second-order valence-corrected chi connectivity index (χ2v) is 5.30. The first-order valence-electron chi connectivity index (χ1n) is 7.08. The van der Waals surface area contributed by atoms with Crippen LogP contribution in [0.15, 0.2) is 60.9 Å². The third-order valence-corrected chi connectivity index (χ3v) is 4.02. The summed E-state index contributed by atoms with van der Waals surface area (Å²) in [6.07, 6.45) is 3.99. The lowest BCUT2D eigenvalue weighted by Crippen LogP contribution is -2.10. The molecule has 1 aliphatic heterocycles. The molecule has 1 aliphatic rings. The van der Waals surface area contributed by atoms with Crippen LogP contribution in [0.4, 0.5) is 0 Å². The Morgan fingerprint density at radius 3 is 2.65 bits per heavy atom. The zero-order valence-electron chi connectivity index (χ0n) is 11.3. The van der Waals surface area contributed by atoms with Crippen molar-refractivity contribution >= 4 is 0 Å². The molecule has 2 aromatic carbocycles. The van der Waals surface area contributed by atoms with Gasteiger partial charge in [0.25, 0.3) is 0 Å². The van der Waals surface area contributed by atoms with E-state index in [1.165, 1.54) is 28.1 Å². The van der Waals surface area contributed by atoms with E-state index in [-0.39, 0.29) is 0 Å². The van der Waals surface area contributed by atoms with Crippen LogP contribution >= 0.6 is 0 Å². The molecular weight excluding hydrogens is 244 g/mol. The molecule has 2 nitrogen and oxygen atoms in total. The maximum absolute atomic E-state index is 4.65. The highest BCUT2D eigenvalue weighted by atomic mass is 15.1. The molecule has 4 rings (SSSR count). The van der Waals surface area contributed by atoms with Crippen LogP contribution in [0, 0.1) is 0 Å². The third kappa shape index (κ3) is 1.85. The Labute approximate surface area is 118 Å². The first kappa shape index (κ1) is 11.5. The van der Waals surface area contributed by atoms with Gasteiger partial charge in [0, 0.05) is 18.5 Å². The molecule has 0 bridgehead atoms. The van der Waals surface area contributed by atoms with Crippen LogP contribution in [0.25, 0.3) is 11.3 Å². The van der Waals surface area contributed by atoms with Gasteiger partial charge in [-0.25, -0.2) is 4.98 Å². The Kier molecular flexibility index (Phi) is 2.66. The number of fused-ring (bicyclic) bond motifs is 3. The molecule has 0 aliphatic carbocycles. The van der Waals surface area contributed by atoms with E-state index in [1.807, 2.05) is 6.33 Å². The highest BCUT2D eigenvalue weighted by Crippen LogP contribution is 2.32. The van der Waals surface area contributed by atoms with E-state index in [0.29, 0.717) is 0 Å². The summed E-state index contributed by atoms with van der Waals surface area (Å²) in [5.41, 5.74) is 6.59. The minimum absolute atomic E-state index is 0.900. The quantitative estimate of drug-likeness (QED) is 0.687. The van der Waals surface area contributed by atoms with E-state index in [2.05, 4.69) is 64.1 Å². The molecule has 0 atom stereocenters. The van der Waals surface area contributed by atoms with Crippen molar-refractivity contribution in [3.05, 3.63) is 77.7 Å². The predicted molar refractivity (Wildman–Crippen MR) is 80.6 cm³/mol. The van der Waals surface area contributed by atoms with Crippen LogP contribution in [0.3, 0.4) is 0 Å². The van der Waals surface area contributed by atoms with Crippen LogP contribution in [-0.2, 0) is 19.4 Å². The van der Waals surface area contributed by atoms with Crippen molar-refractivity contribution in [2.45, 2.75) is 19.4 Å². The number of hydrogen-bond acceptors (Lipinski definition) is 1. The van der Waals surface area contributed by atoms with Gasteiger partial charge in [0.15, 0.2) is 0 Å². The molecule has 0 N–H and O–H groups in total. The van der Waals surface area contributed by atoms with Crippen LogP contribution in [0.2, 0.25) is 0 Å². The minimum Gasteiger partial charge on any atom is -0.330 e. The number of aromatic nitrogens is 2. The number of aryl methyl sites for hydroxylation is 2. The Bertz CT molecular complexity index is 741. The standard InChI is InChI=1S/C18H16N2/c1-2-6-14(7-3-1)12-17-18-16-9-5-4-8-15(16)10-11-20(18)13-19-17/h1-9,13H,10-12H2. The smallest absolute Gasteiger partial charge is 0.0954 e. The third-order valence-electron chi connectivity index (χ3n) is 4.02. The largest absolute Gasteiger partial charge is 0.330 e. The summed E-state index contributed by atoms with van der Waals surface area (Å²) in [6, 6.07) is 19.3. The maximum atomic E-state index is 4.65. The second kappa shape index (κ2) is 4.64. The fourth-order valence-electron chi connectivity index (χ4n) is 3.03. The average Bonchev–Trinajstić information content (AvgIpc) is 2.92. The van der Waals surface area contributed by atoms with E-state index < -0.39 is 0 Å². The number of nitrogens with zero attached hydrogens (tertiary/aromatic N) is 2. The summed E-state index contributed by atoms with van der Waals surface area (Å²) < 4.78 is 2.29. The zero-order chi connectivity index (χ0) is 13.4. The number of rotatable bonds is 2. The van der Waals surface area contributed by atoms with Crippen molar-refractivity contribution in [2.24, 2.45) is 0 Å². The molecular formula is C18H16N2. The Balaban J connectivity index is 1.80. The van der Waals surface area contributed by atoms with Gasteiger partial charge < -0.3 is 4.57 Å². The summed E-state index contributed by atoms with van der Waals surface area (Å²) in [5, 5.41) is 0. The average molecular weight is 260 g/mol. The lowest BCUT2D eigenvalue weighted by Gasteiger charge is -2.19. The van der Waals surface area contributed by atoms with E-state index in [4.69, 9.17) is 0 Å². The number of hydrogen-bond donors (Lipinski definition) is 0. The van der Waals surface area contributed by atoms with Gasteiger partial charge in [-0.05, 0) is 17.5 Å². The molecule has 2 heteroatoms. The van der Waals surface area contributed by atoms with Gasteiger partial charge >= 0.3 is 0 Å². The van der Waals surface area contributed by atoms with Crippen LogP contribution in [0.1, 0.15) is 16.8 Å². The van der Waals surface area contributed by atoms with Gasteiger partial charge in [-0.3, -0.25) is 0 Å². The molecule has 3 aromatic rings. The predicted octanol–water partition coefficient (Wildman–Crippen LogP) is 3.70. The highest BCUT2D eigenvalue weighted by molar-refractivity contribution is 5.68. The lowest BCUT2D eigenvalue weighted by atomic mass is 9.95. The molecule has 2 heterocycles. The van der Waals surface area contributed by atoms with Gasteiger partial charge in [0.1, 0.15) is 0 Å². The Morgan fingerprint density at radius 2 is 1.75 bits per heavy atom. The normalized spacial score (nSPS) is 12.8. The van der Waals surface area contributed by atoms with Gasteiger partial charge in [-0.15, -0.1) is 0 Å². The lowest BCUT2D eigenvalue weighted by molar-refractivity contribution is 0.683. The molecule has 0 fully saturated rings. The molecule has 0 spiro atoms. The fraction of sp³-hybridized carbons (Fsp3) is 0.167. The molecule has 0 unspecified atom stereocenters. The van der Waals surface area contributed by atoms with Crippen molar-refractivity contribution in [2.75, 3.05) is 0 Å². The van der Waals surface area contributed by atoms with Crippen molar-refractivity contribution in [1.29, 1.82) is 0 Å². The monoisotopic (exact) mass is 260 g/mol. The van der Waals surface area contributed by atoms with Crippen molar-refractivity contribution in [1.82, 2.24) is 9.55 Å². The minimum atomic E-state index is 0.900. The Morgan fingerprint density at radius 1 is 0.950 bits per heavy atom. The topological polar surface area (TPSA) is 17.8 Å². The van der Waals surface area contributed by atoms with E-state index >= 15 is 0 Å². The molecule has 0 radical (unpaired) electrons. The molecule has 20 heavy (non-hydrogen) atoms. The molecule has 0 saturated carbocycles. The Hall–Kier alpha value is -2.35. The van der Waals surface area contributed by atoms with Crippen molar-refractivity contribution in [3.63, 3.8) is 0 Å². The molecule has 1 aromatic heterocycles. The van der Waals surface area contributed by atoms with Crippen molar-refractivity contribution in [3.8, 4) is 11.3 Å². The van der Waals surface area contributed by atoms with Gasteiger partial charge in [-0.2, -0.15) is 0 Å². The van der Waals surface area contributed by atoms with Crippen LogP contribution < -0.4 is 0 Å². The summed E-state index contributed by atoms with van der Waals surface area (Å²) in [6.45, 7) is 1.04. The van der Waals surface area contributed by atoms with Crippen LogP contribution in [0.5, 0.6) is 0 Å². The van der Waals surface area contributed by atoms with Gasteiger partial charge in [0.05, 0.1) is 17.7 Å². The fourth-order valence-corrected chi connectivity index (χ4v) is 3.03. The van der Waals surface area contributed by atoms with Gasteiger partial charge in [-0.1, -0.05) is 54.6 Å². The summed E-state index contributed by atoms with van der Waals surface area (Å²) in [5.74, 6) is 0. The molecule has 98 valence electrons. The summed E-state index contributed by atoms with van der Waals surface area (Å²) in [7, 11) is 0. The molecule has 0 saturated heterocycles. The van der Waals surface area contributed by atoms with Crippen molar-refractivity contribution < 1.29 is 0 Å². The highest BCUT2D eigenvalue weighted by Gasteiger charge is 2.19.